The summed E-state index contributed by atoms with van der Waals surface area (Å²) in [5, 5.41) is 9.65. The second-order valence-corrected chi connectivity index (χ2v) is 3.31. The van der Waals surface area contributed by atoms with E-state index in [1.54, 1.807) is 30.3 Å². The van der Waals surface area contributed by atoms with Crippen molar-refractivity contribution in [2.45, 2.75) is 6.61 Å². The Morgan fingerprint density at radius 2 is 1.88 bits per heavy atom. The van der Waals surface area contributed by atoms with Gasteiger partial charge >= 0.3 is 6.61 Å². The fourth-order valence-electron chi connectivity index (χ4n) is 1.52. The first-order valence-corrected chi connectivity index (χ1v) is 4.92. The standard InChI is InChI=1S/C13H9F2O2/c14-13(15)17-12-8-4-2-6-10(12)9-5-1-3-7-11(9)16/h1-4,6-8,13,16H. The summed E-state index contributed by atoms with van der Waals surface area (Å²) in [6, 6.07) is 13.7. The maximum Gasteiger partial charge on any atom is 0.387 e. The Bertz CT molecular complexity index is 512. The van der Waals surface area contributed by atoms with Crippen molar-refractivity contribution in [1.82, 2.24) is 0 Å². The van der Waals surface area contributed by atoms with E-state index < -0.39 is 6.61 Å². The van der Waals surface area contributed by atoms with Crippen molar-refractivity contribution < 1.29 is 18.6 Å². The molecule has 87 valence electrons. The van der Waals surface area contributed by atoms with E-state index in [0.717, 1.165) is 0 Å². The maximum absolute atomic E-state index is 12.2. The van der Waals surface area contributed by atoms with Gasteiger partial charge in [0.15, 0.2) is 0 Å². The molecule has 0 fully saturated rings. The zero-order chi connectivity index (χ0) is 12.3. The van der Waals surface area contributed by atoms with Crippen LogP contribution in [0, 0.1) is 6.07 Å². The maximum atomic E-state index is 12.2. The van der Waals surface area contributed by atoms with Crippen LogP contribution in [0.25, 0.3) is 11.1 Å². The van der Waals surface area contributed by atoms with E-state index in [-0.39, 0.29) is 11.5 Å². The van der Waals surface area contributed by atoms with Gasteiger partial charge in [0.1, 0.15) is 11.5 Å². The monoisotopic (exact) mass is 235 g/mol. The minimum atomic E-state index is -2.90. The molecule has 17 heavy (non-hydrogen) atoms. The molecule has 1 radical (unpaired) electrons. The zero-order valence-electron chi connectivity index (χ0n) is 8.73. The Kier molecular flexibility index (Phi) is 3.23. The van der Waals surface area contributed by atoms with Crippen LogP contribution in [-0.2, 0) is 0 Å². The molecule has 2 rings (SSSR count). The highest BCUT2D eigenvalue weighted by molar-refractivity contribution is 5.74. The van der Waals surface area contributed by atoms with Gasteiger partial charge in [0.25, 0.3) is 0 Å². The molecule has 0 unspecified atom stereocenters. The van der Waals surface area contributed by atoms with Gasteiger partial charge in [-0.25, -0.2) is 0 Å². The Morgan fingerprint density at radius 3 is 2.59 bits per heavy atom. The van der Waals surface area contributed by atoms with Crippen LogP contribution in [0.15, 0.2) is 42.5 Å². The van der Waals surface area contributed by atoms with E-state index >= 15 is 0 Å². The number of para-hydroxylation sites is 1. The topological polar surface area (TPSA) is 29.5 Å². The molecule has 0 aliphatic rings. The van der Waals surface area contributed by atoms with Crippen LogP contribution < -0.4 is 4.74 Å². The minimum absolute atomic E-state index is 0.0141. The van der Waals surface area contributed by atoms with Crippen LogP contribution in [0.4, 0.5) is 8.78 Å². The summed E-state index contributed by atoms with van der Waals surface area (Å²) in [6.07, 6.45) is 0. The smallest absolute Gasteiger partial charge is 0.387 e. The van der Waals surface area contributed by atoms with Crippen LogP contribution in [0.5, 0.6) is 11.5 Å². The third-order valence-electron chi connectivity index (χ3n) is 2.21. The first-order chi connectivity index (χ1) is 8.18. The van der Waals surface area contributed by atoms with Crippen molar-refractivity contribution in [3.63, 3.8) is 0 Å². The highest BCUT2D eigenvalue weighted by atomic mass is 19.3. The van der Waals surface area contributed by atoms with Gasteiger partial charge in [0.05, 0.1) is 0 Å². The van der Waals surface area contributed by atoms with Crippen molar-refractivity contribution in [2.75, 3.05) is 0 Å². The number of halogens is 2. The Labute approximate surface area is 97.1 Å². The first kappa shape index (κ1) is 11.4. The quantitative estimate of drug-likeness (QED) is 0.882. The van der Waals surface area contributed by atoms with E-state index in [9.17, 15) is 13.9 Å². The second kappa shape index (κ2) is 4.82. The van der Waals surface area contributed by atoms with Crippen molar-refractivity contribution in [2.24, 2.45) is 0 Å². The van der Waals surface area contributed by atoms with Crippen LogP contribution in [-0.4, -0.2) is 11.7 Å². The SMILES string of the molecule is Oc1ccc[c]c1-c1ccccc1OC(F)F. The molecule has 0 amide bonds. The van der Waals surface area contributed by atoms with Crippen LogP contribution in [0.1, 0.15) is 0 Å². The number of hydrogen-bond acceptors (Lipinski definition) is 2. The van der Waals surface area contributed by atoms with E-state index in [4.69, 9.17) is 0 Å². The fourth-order valence-corrected chi connectivity index (χ4v) is 1.52. The Morgan fingerprint density at radius 1 is 1.12 bits per heavy atom. The normalized spacial score (nSPS) is 10.5. The van der Waals surface area contributed by atoms with Crippen molar-refractivity contribution >= 4 is 0 Å². The average molecular weight is 235 g/mol. The number of hydrogen-bond donors (Lipinski definition) is 1. The molecule has 0 aliphatic carbocycles. The molecule has 2 aromatic carbocycles. The molecule has 0 bridgehead atoms. The van der Waals surface area contributed by atoms with Crippen LogP contribution >= 0.6 is 0 Å². The molecule has 0 saturated carbocycles. The molecule has 0 atom stereocenters. The van der Waals surface area contributed by atoms with Crippen LogP contribution in [0.3, 0.4) is 0 Å². The van der Waals surface area contributed by atoms with Gasteiger partial charge in [0, 0.05) is 11.1 Å². The average Bonchev–Trinajstić information content (AvgIpc) is 2.30. The summed E-state index contributed by atoms with van der Waals surface area (Å²) in [5.74, 6) is -0.0157. The summed E-state index contributed by atoms with van der Waals surface area (Å²) < 4.78 is 28.8. The summed E-state index contributed by atoms with van der Waals surface area (Å²) in [7, 11) is 0. The predicted molar refractivity (Wildman–Crippen MR) is 59.0 cm³/mol. The van der Waals surface area contributed by atoms with E-state index in [1.807, 2.05) is 0 Å². The predicted octanol–water partition coefficient (Wildman–Crippen LogP) is 3.46. The fraction of sp³-hybridized carbons (Fsp3) is 0.0769. The van der Waals surface area contributed by atoms with E-state index in [2.05, 4.69) is 10.8 Å². The lowest BCUT2D eigenvalue weighted by molar-refractivity contribution is -0.0494. The lowest BCUT2D eigenvalue weighted by Crippen LogP contribution is -2.03. The van der Waals surface area contributed by atoms with Crippen molar-refractivity contribution in [3.05, 3.63) is 48.5 Å². The lowest BCUT2D eigenvalue weighted by Gasteiger charge is -2.11. The molecule has 4 heteroatoms. The van der Waals surface area contributed by atoms with Gasteiger partial charge in [-0.3, -0.25) is 0 Å². The minimum Gasteiger partial charge on any atom is -0.507 e. The number of benzene rings is 2. The number of phenolic OH excluding ortho intramolecular Hbond substituents is 1. The molecular formula is C13H9F2O2. The zero-order valence-corrected chi connectivity index (χ0v) is 8.73. The molecule has 0 spiro atoms. The third kappa shape index (κ3) is 2.53. The molecule has 2 nitrogen and oxygen atoms in total. The summed E-state index contributed by atoms with van der Waals surface area (Å²) >= 11 is 0. The molecule has 1 N–H and O–H groups in total. The molecule has 0 aromatic heterocycles. The Hall–Kier alpha value is -2.10. The highest BCUT2D eigenvalue weighted by Gasteiger charge is 2.12. The summed E-state index contributed by atoms with van der Waals surface area (Å²) in [4.78, 5) is 0. The molecule has 2 aromatic rings. The third-order valence-corrected chi connectivity index (χ3v) is 2.21. The number of ether oxygens (including phenoxy) is 1. The van der Waals surface area contributed by atoms with Gasteiger partial charge in [-0.05, 0) is 18.2 Å². The van der Waals surface area contributed by atoms with Crippen molar-refractivity contribution in [3.8, 4) is 22.6 Å². The molecule has 0 saturated heterocycles. The van der Waals surface area contributed by atoms with Gasteiger partial charge in [-0.2, -0.15) is 8.78 Å². The van der Waals surface area contributed by atoms with E-state index in [1.165, 1.54) is 12.1 Å². The number of alkyl halides is 2. The van der Waals surface area contributed by atoms with Crippen LogP contribution in [0.2, 0.25) is 0 Å². The molecule has 0 aliphatic heterocycles. The van der Waals surface area contributed by atoms with Gasteiger partial charge < -0.3 is 9.84 Å². The van der Waals surface area contributed by atoms with Gasteiger partial charge in [-0.15, -0.1) is 0 Å². The summed E-state index contributed by atoms with van der Waals surface area (Å²) in [5.41, 5.74) is 0.717. The number of phenols is 1. The highest BCUT2D eigenvalue weighted by Crippen LogP contribution is 2.35. The Balaban J connectivity index is 2.48. The molecule has 0 heterocycles. The van der Waals surface area contributed by atoms with Gasteiger partial charge in [0.2, 0.25) is 0 Å². The lowest BCUT2D eigenvalue weighted by atomic mass is 10.0. The first-order valence-electron chi connectivity index (χ1n) is 4.92. The largest absolute Gasteiger partial charge is 0.507 e. The number of aromatic hydroxyl groups is 1. The summed E-state index contributed by atoms with van der Waals surface area (Å²) in [6.45, 7) is -2.90. The van der Waals surface area contributed by atoms with Crippen molar-refractivity contribution in [1.29, 1.82) is 0 Å². The van der Waals surface area contributed by atoms with E-state index in [0.29, 0.717) is 11.1 Å². The molecular weight excluding hydrogens is 226 g/mol. The number of rotatable bonds is 3. The van der Waals surface area contributed by atoms with Gasteiger partial charge in [-0.1, -0.05) is 30.3 Å². The second-order valence-electron chi connectivity index (χ2n) is 3.31.